The summed E-state index contributed by atoms with van der Waals surface area (Å²) < 4.78 is 26.9. The number of aryl methyl sites for hydroxylation is 1. The van der Waals surface area contributed by atoms with E-state index in [1.807, 2.05) is 18.2 Å². The van der Waals surface area contributed by atoms with Crippen molar-refractivity contribution < 1.29 is 8.42 Å². The molecule has 0 aromatic carbocycles. The van der Waals surface area contributed by atoms with Crippen molar-refractivity contribution in [3.8, 4) is 0 Å². The van der Waals surface area contributed by atoms with E-state index < -0.39 is 10.0 Å². The van der Waals surface area contributed by atoms with E-state index in [1.165, 1.54) is 9.75 Å². The Balaban J connectivity index is 0.00000320. The first-order chi connectivity index (χ1) is 14.0. The fourth-order valence-electron chi connectivity index (χ4n) is 3.14. The van der Waals surface area contributed by atoms with Gasteiger partial charge in [-0.05, 0) is 31.2 Å². The van der Waals surface area contributed by atoms with Crippen molar-refractivity contribution in [2.75, 3.05) is 50.4 Å². The van der Waals surface area contributed by atoms with Gasteiger partial charge < -0.3 is 15.5 Å². The number of nitrogens with zero attached hydrogens (tertiary/aromatic N) is 4. The monoisotopic (exact) mass is 564 g/mol. The molecular weight excluding hydrogens is 535 g/mol. The van der Waals surface area contributed by atoms with Crippen LogP contribution in [0.5, 0.6) is 0 Å². The van der Waals surface area contributed by atoms with E-state index in [4.69, 9.17) is 0 Å². The molecule has 1 aliphatic heterocycles. The molecule has 0 bridgehead atoms. The lowest BCUT2D eigenvalue weighted by molar-refractivity contribution is 0.384. The summed E-state index contributed by atoms with van der Waals surface area (Å²) in [6.07, 6.45) is 1.75. The Hall–Kier alpha value is -1.44. The summed E-state index contributed by atoms with van der Waals surface area (Å²) in [5.41, 5.74) is 0. The number of aliphatic imine (C=N–C) groups is 1. The Bertz CT molecular complexity index is 912. The number of anilines is 1. The minimum atomic E-state index is -3.31. The number of thiophene rings is 1. The van der Waals surface area contributed by atoms with E-state index in [0.29, 0.717) is 45.2 Å². The van der Waals surface area contributed by atoms with Crippen LogP contribution >= 0.6 is 35.3 Å². The summed E-state index contributed by atoms with van der Waals surface area (Å²) in [4.78, 5) is 13.1. The zero-order valence-corrected chi connectivity index (χ0v) is 21.2. The Morgan fingerprint density at radius 2 is 1.93 bits per heavy atom. The Morgan fingerprint density at radius 3 is 2.53 bits per heavy atom. The summed E-state index contributed by atoms with van der Waals surface area (Å²) in [5, 5.41) is 6.31. The number of nitrogens with one attached hydrogen (secondary N) is 2. The maximum absolute atomic E-state index is 12.7. The maximum Gasteiger partial charge on any atom is 0.215 e. The molecule has 30 heavy (non-hydrogen) atoms. The molecule has 166 valence electrons. The molecule has 2 aromatic rings. The molecule has 3 rings (SSSR count). The molecule has 2 aromatic heterocycles. The van der Waals surface area contributed by atoms with E-state index in [9.17, 15) is 8.42 Å². The van der Waals surface area contributed by atoms with E-state index in [1.54, 1.807) is 28.9 Å². The van der Waals surface area contributed by atoms with E-state index in [2.05, 4.69) is 44.6 Å². The van der Waals surface area contributed by atoms with Crippen molar-refractivity contribution in [3.63, 3.8) is 0 Å². The van der Waals surface area contributed by atoms with Crippen molar-refractivity contribution in [2.45, 2.75) is 13.5 Å². The minimum Gasteiger partial charge on any atom is -0.355 e. The van der Waals surface area contributed by atoms with Crippen LogP contribution in [0.2, 0.25) is 0 Å². The Morgan fingerprint density at radius 1 is 1.17 bits per heavy atom. The molecule has 0 atom stereocenters. The van der Waals surface area contributed by atoms with Crippen LogP contribution in [0.25, 0.3) is 0 Å². The first-order valence-corrected chi connectivity index (χ1v) is 12.0. The van der Waals surface area contributed by atoms with E-state index in [-0.39, 0.29) is 29.7 Å². The van der Waals surface area contributed by atoms with Crippen LogP contribution in [0.3, 0.4) is 0 Å². The van der Waals surface area contributed by atoms with Gasteiger partial charge in [-0.2, -0.15) is 4.31 Å². The minimum absolute atomic E-state index is 0. The number of hydrogen-bond donors (Lipinski definition) is 2. The van der Waals surface area contributed by atoms with Gasteiger partial charge >= 0.3 is 0 Å². The highest BCUT2D eigenvalue weighted by Gasteiger charge is 2.27. The lowest BCUT2D eigenvalue weighted by atomic mass is 10.3. The van der Waals surface area contributed by atoms with Crippen LogP contribution < -0.4 is 15.5 Å². The van der Waals surface area contributed by atoms with Gasteiger partial charge in [0.1, 0.15) is 5.82 Å². The summed E-state index contributed by atoms with van der Waals surface area (Å²) >= 11 is 1.73. The van der Waals surface area contributed by atoms with Gasteiger partial charge in [0.2, 0.25) is 10.0 Å². The third-order valence-corrected chi connectivity index (χ3v) is 7.58. The van der Waals surface area contributed by atoms with E-state index >= 15 is 0 Å². The van der Waals surface area contributed by atoms with Crippen LogP contribution in [-0.4, -0.2) is 69.2 Å². The predicted octanol–water partition coefficient (Wildman–Crippen LogP) is 1.89. The van der Waals surface area contributed by atoms with Gasteiger partial charge in [-0.3, -0.25) is 4.99 Å². The third-order valence-electron chi connectivity index (χ3n) is 4.71. The number of guanidine groups is 1. The van der Waals surface area contributed by atoms with Crippen LogP contribution in [-0.2, 0) is 16.6 Å². The second-order valence-corrected chi connectivity index (χ2v) is 10.2. The molecule has 0 aliphatic carbocycles. The number of piperazine rings is 1. The molecular formula is C19H29IN6O2S2. The van der Waals surface area contributed by atoms with Gasteiger partial charge in [0.15, 0.2) is 5.96 Å². The first-order valence-electron chi connectivity index (χ1n) is 9.61. The molecule has 0 unspecified atom stereocenters. The lowest BCUT2D eigenvalue weighted by Gasteiger charge is -2.34. The third kappa shape index (κ3) is 7.06. The Kier molecular flexibility index (Phi) is 9.78. The number of sulfonamides is 1. The average molecular weight is 565 g/mol. The summed E-state index contributed by atoms with van der Waals surface area (Å²) in [5.74, 6) is 1.53. The van der Waals surface area contributed by atoms with Gasteiger partial charge in [-0.25, -0.2) is 13.4 Å². The van der Waals surface area contributed by atoms with Crippen molar-refractivity contribution in [2.24, 2.45) is 4.99 Å². The fraction of sp³-hybridized carbons (Fsp3) is 0.474. The molecule has 8 nitrogen and oxygen atoms in total. The largest absolute Gasteiger partial charge is 0.355 e. The number of aromatic nitrogens is 1. The number of rotatable bonds is 7. The molecule has 1 aliphatic rings. The topological polar surface area (TPSA) is 89.9 Å². The molecule has 1 saturated heterocycles. The molecule has 0 amide bonds. The normalized spacial score (nSPS) is 15.5. The lowest BCUT2D eigenvalue weighted by Crippen LogP contribution is -2.50. The molecule has 2 N–H and O–H groups in total. The zero-order chi connectivity index (χ0) is 20.7. The maximum atomic E-state index is 12.7. The summed E-state index contributed by atoms with van der Waals surface area (Å²) in [7, 11) is -1.63. The summed E-state index contributed by atoms with van der Waals surface area (Å²) in [6.45, 7) is 5.29. The van der Waals surface area contributed by atoms with Crippen molar-refractivity contribution in [1.29, 1.82) is 0 Å². The smallest absolute Gasteiger partial charge is 0.215 e. The van der Waals surface area contributed by atoms with Gasteiger partial charge in [-0.15, -0.1) is 35.3 Å². The number of hydrogen-bond acceptors (Lipinski definition) is 6. The van der Waals surface area contributed by atoms with Crippen LogP contribution in [0.1, 0.15) is 9.75 Å². The highest BCUT2D eigenvalue weighted by Crippen LogP contribution is 2.15. The SMILES string of the molecule is CN=C(NCCS(=O)(=O)N1CCN(c2ccccn2)CC1)NCc1ccc(C)s1.I. The quantitative estimate of drug-likeness (QED) is 0.304. The second-order valence-electron chi connectivity index (χ2n) is 6.75. The molecule has 11 heteroatoms. The van der Waals surface area contributed by atoms with Gasteiger partial charge in [-0.1, -0.05) is 6.07 Å². The van der Waals surface area contributed by atoms with E-state index in [0.717, 1.165) is 5.82 Å². The zero-order valence-electron chi connectivity index (χ0n) is 17.2. The second kappa shape index (κ2) is 11.8. The summed E-state index contributed by atoms with van der Waals surface area (Å²) in [6, 6.07) is 9.93. The highest BCUT2D eigenvalue weighted by atomic mass is 127. The molecule has 1 fully saturated rings. The van der Waals surface area contributed by atoms with Gasteiger partial charge in [0, 0.05) is 55.7 Å². The average Bonchev–Trinajstić information content (AvgIpc) is 3.16. The predicted molar refractivity (Wildman–Crippen MR) is 134 cm³/mol. The highest BCUT2D eigenvalue weighted by molar-refractivity contribution is 14.0. The number of pyridine rings is 1. The van der Waals surface area contributed by atoms with Crippen molar-refractivity contribution >= 4 is 57.1 Å². The van der Waals surface area contributed by atoms with Gasteiger partial charge in [0.05, 0.1) is 12.3 Å². The standard InChI is InChI=1S/C19H28N6O2S2.HI/c1-16-6-7-17(28-16)15-23-19(20-2)22-9-14-29(26,27)25-12-10-24(11-13-25)18-5-3-4-8-21-18;/h3-8H,9-15H2,1-2H3,(H2,20,22,23);1H. The number of halogens is 1. The van der Waals surface area contributed by atoms with Crippen LogP contribution in [0, 0.1) is 6.92 Å². The van der Waals surface area contributed by atoms with Crippen molar-refractivity contribution in [3.05, 3.63) is 46.3 Å². The Labute approximate surface area is 199 Å². The van der Waals surface area contributed by atoms with Crippen molar-refractivity contribution in [1.82, 2.24) is 19.9 Å². The first kappa shape index (κ1) is 24.8. The molecule has 0 spiro atoms. The fourth-order valence-corrected chi connectivity index (χ4v) is 5.30. The van der Waals surface area contributed by atoms with Gasteiger partial charge in [0.25, 0.3) is 0 Å². The molecule has 0 saturated carbocycles. The van der Waals surface area contributed by atoms with Crippen LogP contribution in [0.4, 0.5) is 5.82 Å². The van der Waals surface area contributed by atoms with Crippen LogP contribution in [0.15, 0.2) is 41.5 Å². The molecule has 0 radical (unpaired) electrons. The molecule has 3 heterocycles.